The fraction of sp³-hybridized carbons (Fsp3) is 0.500. The first kappa shape index (κ1) is 15.7. The fourth-order valence-corrected chi connectivity index (χ4v) is 1.86. The Morgan fingerprint density at radius 1 is 1.22 bits per heavy atom. The van der Waals surface area contributed by atoms with Crippen LogP contribution in [0.5, 0.6) is 0 Å². The highest BCUT2D eigenvalue weighted by molar-refractivity contribution is 9.10. The molecule has 2 atom stereocenters. The van der Waals surface area contributed by atoms with Gasteiger partial charge in [0.2, 0.25) is 0 Å². The minimum Gasteiger partial charge on any atom is -0.461 e. The summed E-state index contributed by atoms with van der Waals surface area (Å²) in [5, 5.41) is 0. The van der Waals surface area contributed by atoms with Gasteiger partial charge in [0.1, 0.15) is 10.9 Å². The largest absolute Gasteiger partial charge is 0.461 e. The summed E-state index contributed by atoms with van der Waals surface area (Å²) < 4.78 is 6.45. The molecule has 0 fully saturated rings. The van der Waals surface area contributed by atoms with E-state index >= 15 is 0 Å². The Morgan fingerprint density at radius 3 is 2.17 bits per heavy atom. The van der Waals surface area contributed by atoms with E-state index in [0.29, 0.717) is 0 Å². The summed E-state index contributed by atoms with van der Waals surface area (Å²) in [6.07, 6.45) is -0.125. The van der Waals surface area contributed by atoms with E-state index in [9.17, 15) is 4.79 Å². The van der Waals surface area contributed by atoms with Gasteiger partial charge in [0.15, 0.2) is 0 Å². The van der Waals surface area contributed by atoms with Crippen molar-refractivity contribution in [3.63, 3.8) is 0 Å². The zero-order valence-corrected chi connectivity index (χ0v) is 14.2. The van der Waals surface area contributed by atoms with Crippen LogP contribution in [0.1, 0.15) is 38.1 Å². The van der Waals surface area contributed by atoms with Crippen molar-refractivity contribution in [2.24, 2.45) is 5.41 Å². The quantitative estimate of drug-likeness (QED) is 0.555. The van der Waals surface area contributed by atoms with Gasteiger partial charge in [-0.1, -0.05) is 64.8 Å². The van der Waals surface area contributed by atoms with Crippen molar-refractivity contribution >= 4 is 37.8 Å². The van der Waals surface area contributed by atoms with Crippen LogP contribution >= 0.6 is 31.9 Å². The number of hydrogen-bond acceptors (Lipinski definition) is 2. The number of rotatable bonds is 3. The summed E-state index contributed by atoms with van der Waals surface area (Å²) in [5.74, 6) is -0.250. The molecule has 1 aromatic rings. The van der Waals surface area contributed by atoms with Gasteiger partial charge in [0.05, 0.1) is 0 Å². The maximum absolute atomic E-state index is 12.0. The normalized spacial score (nSPS) is 15.0. The molecule has 18 heavy (non-hydrogen) atoms. The Labute approximate surface area is 125 Å². The molecule has 0 amide bonds. The van der Waals surface area contributed by atoms with Crippen LogP contribution in [0, 0.1) is 5.41 Å². The number of hydrogen-bond donors (Lipinski definition) is 0. The molecule has 0 aliphatic rings. The first-order valence-corrected chi connectivity index (χ1v) is 7.52. The van der Waals surface area contributed by atoms with Gasteiger partial charge in [-0.15, -0.1) is 0 Å². The molecule has 100 valence electrons. The molecule has 4 heteroatoms. The molecule has 0 saturated heterocycles. The number of halogens is 2. The SMILES string of the molecule is CC(OC(=O)C(Br)c1ccc(Br)cc1)C(C)(C)C. The predicted octanol–water partition coefficient (Wildman–Crippen LogP) is 4.86. The highest BCUT2D eigenvalue weighted by atomic mass is 79.9. The van der Waals surface area contributed by atoms with E-state index < -0.39 is 4.83 Å². The lowest BCUT2D eigenvalue weighted by molar-refractivity contribution is -0.152. The van der Waals surface area contributed by atoms with Crippen LogP contribution < -0.4 is 0 Å². The Balaban J connectivity index is 2.70. The third-order valence-electron chi connectivity index (χ3n) is 2.88. The van der Waals surface area contributed by atoms with Crippen molar-refractivity contribution in [2.75, 3.05) is 0 Å². The van der Waals surface area contributed by atoms with Crippen molar-refractivity contribution in [3.8, 4) is 0 Å². The van der Waals surface area contributed by atoms with E-state index in [0.717, 1.165) is 10.0 Å². The molecule has 2 nitrogen and oxygen atoms in total. The molecule has 0 aliphatic heterocycles. The summed E-state index contributed by atoms with van der Waals surface area (Å²) in [4.78, 5) is 11.6. The summed E-state index contributed by atoms with van der Waals surface area (Å²) in [5.41, 5.74) is 0.839. The van der Waals surface area contributed by atoms with Crippen molar-refractivity contribution in [2.45, 2.75) is 38.6 Å². The number of carbonyl (C=O) groups is 1. The Kier molecular flexibility index (Phi) is 5.41. The Morgan fingerprint density at radius 2 is 1.72 bits per heavy atom. The molecule has 0 radical (unpaired) electrons. The second kappa shape index (κ2) is 6.20. The van der Waals surface area contributed by atoms with Gasteiger partial charge >= 0.3 is 5.97 Å². The van der Waals surface area contributed by atoms with Crippen LogP contribution in [-0.4, -0.2) is 12.1 Å². The summed E-state index contributed by atoms with van der Waals surface area (Å²) in [6.45, 7) is 8.06. The number of benzene rings is 1. The van der Waals surface area contributed by atoms with E-state index in [2.05, 4.69) is 31.9 Å². The number of alkyl halides is 1. The lowest BCUT2D eigenvalue weighted by Crippen LogP contribution is -2.29. The summed E-state index contributed by atoms with van der Waals surface area (Å²) in [6, 6.07) is 7.60. The second-order valence-corrected chi connectivity index (χ2v) is 7.19. The van der Waals surface area contributed by atoms with E-state index in [4.69, 9.17) is 4.74 Å². The average molecular weight is 378 g/mol. The third kappa shape index (κ3) is 4.39. The van der Waals surface area contributed by atoms with Crippen LogP contribution in [0.3, 0.4) is 0 Å². The molecular formula is C14H18Br2O2. The summed E-state index contributed by atoms with van der Waals surface area (Å²) in [7, 11) is 0. The van der Waals surface area contributed by atoms with Gasteiger partial charge in [-0.05, 0) is 30.0 Å². The summed E-state index contributed by atoms with van der Waals surface area (Å²) >= 11 is 6.75. The van der Waals surface area contributed by atoms with Gasteiger partial charge in [-0.2, -0.15) is 0 Å². The molecule has 0 bridgehead atoms. The van der Waals surface area contributed by atoms with Crippen LogP contribution in [0.4, 0.5) is 0 Å². The van der Waals surface area contributed by atoms with Gasteiger partial charge in [-0.25, -0.2) is 0 Å². The predicted molar refractivity (Wildman–Crippen MR) is 80.8 cm³/mol. The van der Waals surface area contributed by atoms with Crippen LogP contribution in [0.15, 0.2) is 28.7 Å². The standard InChI is InChI=1S/C14H18Br2O2/c1-9(14(2,3)4)18-13(17)12(16)10-5-7-11(15)8-6-10/h5-9,12H,1-4H3. The fourth-order valence-electron chi connectivity index (χ4n) is 1.18. The van der Waals surface area contributed by atoms with Gasteiger partial charge in [0.25, 0.3) is 0 Å². The maximum atomic E-state index is 12.0. The van der Waals surface area contributed by atoms with E-state index in [1.165, 1.54) is 0 Å². The van der Waals surface area contributed by atoms with Crippen molar-refractivity contribution in [3.05, 3.63) is 34.3 Å². The molecule has 0 aliphatic carbocycles. The lowest BCUT2D eigenvalue weighted by atomic mass is 9.90. The highest BCUT2D eigenvalue weighted by Crippen LogP contribution is 2.29. The molecule has 0 N–H and O–H groups in total. The maximum Gasteiger partial charge on any atom is 0.324 e. The minimum absolute atomic E-state index is 0.0535. The topological polar surface area (TPSA) is 26.3 Å². The van der Waals surface area contributed by atoms with Gasteiger partial charge in [-0.3, -0.25) is 4.79 Å². The highest BCUT2D eigenvalue weighted by Gasteiger charge is 2.27. The lowest BCUT2D eigenvalue weighted by Gasteiger charge is -2.27. The Hall–Kier alpha value is -0.350. The first-order chi connectivity index (χ1) is 8.21. The van der Waals surface area contributed by atoms with E-state index in [1.807, 2.05) is 52.0 Å². The van der Waals surface area contributed by atoms with Crippen molar-refractivity contribution in [1.29, 1.82) is 0 Å². The number of ether oxygens (including phenoxy) is 1. The zero-order chi connectivity index (χ0) is 13.9. The first-order valence-electron chi connectivity index (χ1n) is 5.82. The Bertz CT molecular complexity index is 407. The smallest absolute Gasteiger partial charge is 0.324 e. The molecule has 0 aromatic heterocycles. The van der Waals surface area contributed by atoms with E-state index in [1.54, 1.807) is 0 Å². The molecule has 1 rings (SSSR count). The van der Waals surface area contributed by atoms with Crippen LogP contribution in [0.2, 0.25) is 0 Å². The number of esters is 1. The van der Waals surface area contributed by atoms with Gasteiger partial charge in [0, 0.05) is 4.47 Å². The second-order valence-electron chi connectivity index (χ2n) is 5.36. The zero-order valence-electron chi connectivity index (χ0n) is 11.0. The monoisotopic (exact) mass is 376 g/mol. The van der Waals surface area contributed by atoms with Crippen LogP contribution in [-0.2, 0) is 9.53 Å². The molecule has 0 spiro atoms. The minimum atomic E-state index is -0.421. The van der Waals surface area contributed by atoms with Crippen molar-refractivity contribution < 1.29 is 9.53 Å². The molecule has 1 aromatic carbocycles. The average Bonchev–Trinajstić information content (AvgIpc) is 2.27. The van der Waals surface area contributed by atoms with E-state index in [-0.39, 0.29) is 17.5 Å². The third-order valence-corrected chi connectivity index (χ3v) is 4.31. The van der Waals surface area contributed by atoms with Gasteiger partial charge < -0.3 is 4.74 Å². The molecular weight excluding hydrogens is 360 g/mol. The molecule has 2 unspecified atom stereocenters. The molecule has 0 heterocycles. The molecule has 0 saturated carbocycles. The van der Waals surface area contributed by atoms with Crippen LogP contribution in [0.25, 0.3) is 0 Å². The van der Waals surface area contributed by atoms with Crippen molar-refractivity contribution in [1.82, 2.24) is 0 Å². The number of carbonyl (C=O) groups excluding carboxylic acids is 1.